The molecule has 0 fully saturated rings. The van der Waals surface area contributed by atoms with Gasteiger partial charge >= 0.3 is 0 Å². The highest BCUT2D eigenvalue weighted by atomic mass is 14.9. The molecule has 0 heterocycles. The first-order valence-electron chi connectivity index (χ1n) is 11.2. The maximum atomic E-state index is 4.26. The highest BCUT2D eigenvalue weighted by molar-refractivity contribution is 5.60. The van der Waals surface area contributed by atoms with E-state index in [-0.39, 0.29) is 0 Å². The van der Waals surface area contributed by atoms with Crippen LogP contribution >= 0.6 is 0 Å². The molecule has 1 heteroatoms. The van der Waals surface area contributed by atoms with Crippen molar-refractivity contribution in [3.8, 4) is 0 Å². The minimum atomic E-state index is 0.633. The Kier molecular flexibility index (Phi) is 8.60. The smallest absolute Gasteiger partial charge is 0.0441 e. The van der Waals surface area contributed by atoms with Crippen molar-refractivity contribution in [1.29, 1.82) is 0 Å². The number of anilines is 1. The molecule has 1 nitrogen and oxygen atoms in total. The summed E-state index contributed by atoms with van der Waals surface area (Å²) in [5, 5.41) is 3.90. The Balaban J connectivity index is 2.36. The van der Waals surface area contributed by atoms with Crippen LogP contribution in [-0.4, -0.2) is 0 Å². The molecule has 0 spiro atoms. The Hall–Kier alpha value is -1.76. The van der Waals surface area contributed by atoms with E-state index in [1.165, 1.54) is 60.2 Å². The first kappa shape index (κ1) is 22.5. The average molecular weight is 380 g/mol. The maximum Gasteiger partial charge on any atom is 0.0441 e. The van der Waals surface area contributed by atoms with Crippen LogP contribution in [0.5, 0.6) is 0 Å². The number of rotatable bonds is 9. The van der Waals surface area contributed by atoms with E-state index in [4.69, 9.17) is 0 Å². The average Bonchev–Trinajstić information content (AvgIpc) is 2.66. The third-order valence-corrected chi connectivity index (χ3v) is 6.58. The number of nitrogens with one attached hydrogen (secondary N) is 1. The molecule has 0 unspecified atom stereocenters. The van der Waals surface area contributed by atoms with Gasteiger partial charge < -0.3 is 5.32 Å². The predicted molar refractivity (Wildman–Crippen MR) is 126 cm³/mol. The molecular weight excluding hydrogens is 338 g/mol. The zero-order valence-corrected chi connectivity index (χ0v) is 19.1. The van der Waals surface area contributed by atoms with E-state index >= 15 is 0 Å². The summed E-state index contributed by atoms with van der Waals surface area (Å²) in [6.07, 6.45) is 11.6. The van der Waals surface area contributed by atoms with Gasteiger partial charge in [-0.2, -0.15) is 0 Å². The predicted octanol–water partition coefficient (Wildman–Crippen LogP) is 8.36. The van der Waals surface area contributed by atoms with Crippen LogP contribution in [0, 0.1) is 31.6 Å². The van der Waals surface area contributed by atoms with Crippen molar-refractivity contribution in [2.45, 2.75) is 80.1 Å². The molecule has 0 aliphatic heterocycles. The highest BCUT2D eigenvalue weighted by Gasteiger charge is 2.28. The molecule has 154 valence electrons. The molecule has 1 aliphatic rings. The van der Waals surface area contributed by atoms with Crippen LogP contribution in [0.4, 0.5) is 5.69 Å². The molecule has 0 saturated carbocycles. The summed E-state index contributed by atoms with van der Waals surface area (Å²) in [6, 6.07) is 6.59. The number of allylic oxidation sites excluding steroid dienone is 5. The Morgan fingerprint density at radius 2 is 1.75 bits per heavy atom. The standard InChI is InChI=1S/C27H41N/c1-8-12-20(4)17-18-24(23(7)19(2)3)25-15-9-10-16-26(25)28-27-21(5)13-11-14-22(27)6/h8,11-14,19,23-24,28H,4,9-10,15-18H2,1-3,5-7H3/b12-8-/t23-,24+/m1/s1. The van der Waals surface area contributed by atoms with Gasteiger partial charge in [-0.15, -0.1) is 0 Å². The second-order valence-electron chi connectivity index (χ2n) is 9.01. The van der Waals surface area contributed by atoms with Crippen LogP contribution in [-0.2, 0) is 0 Å². The van der Waals surface area contributed by atoms with E-state index in [1.54, 1.807) is 5.57 Å². The lowest BCUT2D eigenvalue weighted by Gasteiger charge is -2.34. The van der Waals surface area contributed by atoms with Crippen molar-refractivity contribution < 1.29 is 0 Å². The monoisotopic (exact) mass is 379 g/mol. The third-order valence-electron chi connectivity index (χ3n) is 6.58. The zero-order valence-electron chi connectivity index (χ0n) is 19.1. The van der Waals surface area contributed by atoms with Gasteiger partial charge in [-0.05, 0) is 93.7 Å². The Morgan fingerprint density at radius 1 is 1.11 bits per heavy atom. The normalized spacial score (nSPS) is 17.2. The van der Waals surface area contributed by atoms with E-state index in [1.807, 2.05) is 0 Å². The molecule has 1 aromatic rings. The van der Waals surface area contributed by atoms with Crippen LogP contribution in [0.1, 0.15) is 77.3 Å². The van der Waals surface area contributed by atoms with E-state index in [2.05, 4.69) is 83.8 Å². The van der Waals surface area contributed by atoms with E-state index in [0.717, 1.165) is 6.42 Å². The van der Waals surface area contributed by atoms with Crippen molar-refractivity contribution in [1.82, 2.24) is 0 Å². The zero-order chi connectivity index (χ0) is 20.7. The van der Waals surface area contributed by atoms with Crippen LogP contribution in [0.2, 0.25) is 0 Å². The van der Waals surface area contributed by atoms with Gasteiger partial charge in [0.1, 0.15) is 0 Å². The first-order chi connectivity index (χ1) is 13.3. The van der Waals surface area contributed by atoms with E-state index in [0.29, 0.717) is 17.8 Å². The second kappa shape index (κ2) is 10.7. The molecule has 0 radical (unpaired) electrons. The van der Waals surface area contributed by atoms with Crippen LogP contribution < -0.4 is 5.32 Å². The van der Waals surface area contributed by atoms with Gasteiger partial charge in [-0.25, -0.2) is 0 Å². The molecule has 28 heavy (non-hydrogen) atoms. The minimum Gasteiger partial charge on any atom is -0.359 e. The van der Waals surface area contributed by atoms with Crippen LogP contribution in [0.25, 0.3) is 0 Å². The van der Waals surface area contributed by atoms with Gasteiger partial charge in [0.15, 0.2) is 0 Å². The van der Waals surface area contributed by atoms with Crippen molar-refractivity contribution in [3.05, 3.63) is 64.9 Å². The summed E-state index contributed by atoms with van der Waals surface area (Å²) in [4.78, 5) is 0. The quantitative estimate of drug-likeness (QED) is 0.425. The number of aryl methyl sites for hydroxylation is 2. The number of benzene rings is 1. The Labute approximate surface area is 174 Å². The highest BCUT2D eigenvalue weighted by Crippen LogP contribution is 2.40. The second-order valence-corrected chi connectivity index (χ2v) is 9.01. The molecule has 0 saturated heterocycles. The fourth-order valence-corrected chi connectivity index (χ4v) is 4.52. The van der Waals surface area contributed by atoms with E-state index in [9.17, 15) is 0 Å². The molecule has 1 aliphatic carbocycles. The molecule has 2 rings (SSSR count). The molecule has 1 aromatic carbocycles. The van der Waals surface area contributed by atoms with Crippen LogP contribution in [0.3, 0.4) is 0 Å². The van der Waals surface area contributed by atoms with Gasteiger partial charge in [-0.3, -0.25) is 0 Å². The minimum absolute atomic E-state index is 0.633. The van der Waals surface area contributed by atoms with Crippen molar-refractivity contribution in [3.63, 3.8) is 0 Å². The molecule has 0 aromatic heterocycles. The topological polar surface area (TPSA) is 12.0 Å². The fourth-order valence-electron chi connectivity index (χ4n) is 4.52. The van der Waals surface area contributed by atoms with E-state index < -0.39 is 0 Å². The SMILES string of the molecule is C=C(/C=C\C)CC[C@H](C1=C(Nc2c(C)cccc2C)CCCC1)[C@H](C)C(C)C. The van der Waals surface area contributed by atoms with Gasteiger partial charge in [0.25, 0.3) is 0 Å². The first-order valence-corrected chi connectivity index (χ1v) is 11.2. The summed E-state index contributed by atoms with van der Waals surface area (Å²) in [5.74, 6) is 2.01. The van der Waals surface area contributed by atoms with Crippen molar-refractivity contribution in [2.75, 3.05) is 5.32 Å². The van der Waals surface area contributed by atoms with Gasteiger partial charge in [0.05, 0.1) is 0 Å². The summed E-state index contributed by atoms with van der Waals surface area (Å²) in [5.41, 5.74) is 8.43. The van der Waals surface area contributed by atoms with Gasteiger partial charge in [0, 0.05) is 11.4 Å². The number of para-hydroxylation sites is 1. The molecule has 1 N–H and O–H groups in total. The number of hydrogen-bond donors (Lipinski definition) is 1. The van der Waals surface area contributed by atoms with Crippen LogP contribution in [0.15, 0.2) is 53.8 Å². The van der Waals surface area contributed by atoms with Crippen molar-refractivity contribution >= 4 is 5.69 Å². The summed E-state index contributed by atoms with van der Waals surface area (Å²) >= 11 is 0. The largest absolute Gasteiger partial charge is 0.359 e. The lowest BCUT2D eigenvalue weighted by molar-refractivity contribution is 0.287. The molecular formula is C27H41N. The number of hydrogen-bond acceptors (Lipinski definition) is 1. The lowest BCUT2D eigenvalue weighted by Crippen LogP contribution is -2.24. The van der Waals surface area contributed by atoms with Crippen molar-refractivity contribution in [2.24, 2.45) is 17.8 Å². The fraction of sp³-hybridized carbons (Fsp3) is 0.556. The Bertz CT molecular complexity index is 700. The molecule has 2 atom stereocenters. The Morgan fingerprint density at radius 3 is 2.36 bits per heavy atom. The summed E-state index contributed by atoms with van der Waals surface area (Å²) in [6.45, 7) is 18.0. The summed E-state index contributed by atoms with van der Waals surface area (Å²) in [7, 11) is 0. The third kappa shape index (κ3) is 5.87. The lowest BCUT2D eigenvalue weighted by atomic mass is 9.73. The maximum absolute atomic E-state index is 4.26. The summed E-state index contributed by atoms with van der Waals surface area (Å²) < 4.78 is 0. The van der Waals surface area contributed by atoms with Gasteiger partial charge in [-0.1, -0.05) is 63.3 Å². The van der Waals surface area contributed by atoms with Gasteiger partial charge in [0.2, 0.25) is 0 Å². The molecule has 0 amide bonds. The molecule has 0 bridgehead atoms.